The molecule has 1 fully saturated rings. The molecule has 7 heteroatoms. The summed E-state index contributed by atoms with van der Waals surface area (Å²) in [5, 5.41) is 15.4. The minimum absolute atomic E-state index is 0.0548. The lowest BCUT2D eigenvalue weighted by Crippen LogP contribution is -2.28. The molecule has 1 saturated heterocycles. The summed E-state index contributed by atoms with van der Waals surface area (Å²) >= 11 is 0. The second-order valence-electron chi connectivity index (χ2n) is 4.24. The van der Waals surface area contributed by atoms with Gasteiger partial charge in [-0.3, -0.25) is 4.79 Å². The highest BCUT2D eigenvalue weighted by atomic mass is 16.5. The zero-order valence-electron chi connectivity index (χ0n) is 10.2. The molecular weight excluding hydrogens is 234 g/mol. The molecular formula is C11H15N5O2. The third-order valence-electron chi connectivity index (χ3n) is 2.90. The molecule has 0 bridgehead atoms. The third kappa shape index (κ3) is 2.65. The summed E-state index contributed by atoms with van der Waals surface area (Å²) in [6.45, 7) is 1.29. The minimum atomic E-state index is -0.321. The van der Waals surface area contributed by atoms with E-state index in [2.05, 4.69) is 15.5 Å². The standard InChI is InChI=1S/C11H15N5O2/c1-16(7-3-5-12)11(17)9-14-10(18-15-9)8-4-2-6-13-8/h8,13H,2-4,6-7H2,1H3. The van der Waals surface area contributed by atoms with E-state index < -0.39 is 0 Å². The Hall–Kier alpha value is -1.94. The summed E-state index contributed by atoms with van der Waals surface area (Å²) in [7, 11) is 1.61. The van der Waals surface area contributed by atoms with Gasteiger partial charge in [0.1, 0.15) is 0 Å². The molecule has 2 rings (SSSR count). The average molecular weight is 249 g/mol. The quantitative estimate of drug-likeness (QED) is 0.833. The van der Waals surface area contributed by atoms with Gasteiger partial charge in [0.05, 0.1) is 18.5 Å². The second kappa shape index (κ2) is 5.60. The van der Waals surface area contributed by atoms with Crippen LogP contribution in [0.5, 0.6) is 0 Å². The lowest BCUT2D eigenvalue weighted by Gasteiger charge is -2.11. The highest BCUT2D eigenvalue weighted by molar-refractivity contribution is 5.90. The second-order valence-corrected chi connectivity index (χ2v) is 4.24. The molecule has 2 heterocycles. The lowest BCUT2D eigenvalue weighted by atomic mass is 10.2. The molecule has 96 valence electrons. The van der Waals surface area contributed by atoms with E-state index in [1.54, 1.807) is 7.05 Å². The van der Waals surface area contributed by atoms with Crippen molar-refractivity contribution in [3.63, 3.8) is 0 Å². The van der Waals surface area contributed by atoms with Gasteiger partial charge in [0.25, 0.3) is 11.7 Å². The van der Waals surface area contributed by atoms with E-state index in [9.17, 15) is 4.79 Å². The van der Waals surface area contributed by atoms with E-state index in [4.69, 9.17) is 9.78 Å². The molecule has 1 amide bonds. The van der Waals surface area contributed by atoms with Gasteiger partial charge >= 0.3 is 0 Å². The predicted molar refractivity (Wildman–Crippen MR) is 61.5 cm³/mol. The van der Waals surface area contributed by atoms with Crippen LogP contribution in [-0.4, -0.2) is 41.1 Å². The third-order valence-corrected chi connectivity index (χ3v) is 2.90. The predicted octanol–water partition coefficient (Wildman–Crippen LogP) is 0.480. The first-order valence-corrected chi connectivity index (χ1v) is 5.92. The molecule has 1 atom stereocenters. The highest BCUT2D eigenvalue weighted by Crippen LogP contribution is 2.21. The van der Waals surface area contributed by atoms with Crippen LogP contribution >= 0.6 is 0 Å². The topological polar surface area (TPSA) is 95.0 Å². The maximum Gasteiger partial charge on any atom is 0.295 e. The molecule has 18 heavy (non-hydrogen) atoms. The Morgan fingerprint density at radius 3 is 3.22 bits per heavy atom. The van der Waals surface area contributed by atoms with E-state index in [0.29, 0.717) is 12.4 Å². The summed E-state index contributed by atoms with van der Waals surface area (Å²) in [6.07, 6.45) is 2.30. The first-order chi connectivity index (χ1) is 8.72. The van der Waals surface area contributed by atoms with Gasteiger partial charge in [-0.15, -0.1) is 0 Å². The van der Waals surface area contributed by atoms with Crippen molar-refractivity contribution in [3.05, 3.63) is 11.7 Å². The monoisotopic (exact) mass is 249 g/mol. The van der Waals surface area contributed by atoms with Crippen LogP contribution in [0.4, 0.5) is 0 Å². The number of nitrogens with zero attached hydrogens (tertiary/aromatic N) is 4. The smallest absolute Gasteiger partial charge is 0.295 e. The Kier molecular flexibility index (Phi) is 3.89. The molecule has 7 nitrogen and oxygen atoms in total. The number of carbonyl (C=O) groups excluding carboxylic acids is 1. The van der Waals surface area contributed by atoms with Gasteiger partial charge in [-0.25, -0.2) is 0 Å². The largest absolute Gasteiger partial charge is 0.338 e. The molecule has 1 aliphatic heterocycles. The Morgan fingerprint density at radius 2 is 2.56 bits per heavy atom. The van der Waals surface area contributed by atoms with Crippen molar-refractivity contribution < 1.29 is 9.32 Å². The summed E-state index contributed by atoms with van der Waals surface area (Å²) in [5.41, 5.74) is 0. The van der Waals surface area contributed by atoms with Crippen molar-refractivity contribution in [2.24, 2.45) is 0 Å². The number of nitrogens with one attached hydrogen (secondary N) is 1. The normalized spacial score (nSPS) is 18.6. The SMILES string of the molecule is CN(CCC#N)C(=O)c1noc(C2CCCN2)n1. The maximum atomic E-state index is 11.9. The molecule has 0 aromatic carbocycles. The summed E-state index contributed by atoms with van der Waals surface area (Å²) in [4.78, 5) is 17.4. The van der Waals surface area contributed by atoms with Crippen molar-refractivity contribution >= 4 is 5.91 Å². The van der Waals surface area contributed by atoms with Crippen LogP contribution in [-0.2, 0) is 0 Å². The van der Waals surface area contributed by atoms with Crippen molar-refractivity contribution in [1.29, 1.82) is 5.26 Å². The van der Waals surface area contributed by atoms with Gasteiger partial charge in [0, 0.05) is 13.6 Å². The van der Waals surface area contributed by atoms with Crippen molar-refractivity contribution in [2.45, 2.75) is 25.3 Å². The van der Waals surface area contributed by atoms with Crippen LogP contribution in [0.3, 0.4) is 0 Å². The molecule has 0 spiro atoms. The van der Waals surface area contributed by atoms with Crippen molar-refractivity contribution in [2.75, 3.05) is 20.1 Å². The highest BCUT2D eigenvalue weighted by Gasteiger charge is 2.25. The molecule has 1 aromatic rings. The summed E-state index contributed by atoms with van der Waals surface area (Å²) < 4.78 is 5.09. The fourth-order valence-corrected chi connectivity index (χ4v) is 1.85. The van der Waals surface area contributed by atoms with E-state index in [-0.39, 0.29) is 24.2 Å². The van der Waals surface area contributed by atoms with Crippen LogP contribution in [0.25, 0.3) is 0 Å². The molecule has 0 saturated carbocycles. The zero-order valence-corrected chi connectivity index (χ0v) is 10.2. The van der Waals surface area contributed by atoms with Crippen molar-refractivity contribution in [3.8, 4) is 6.07 Å². The summed E-state index contributed by atoms with van der Waals surface area (Å²) in [5.74, 6) is 0.196. The van der Waals surface area contributed by atoms with Gasteiger partial charge in [-0.1, -0.05) is 5.16 Å². The Balaban J connectivity index is 2.00. The number of amides is 1. The van der Waals surface area contributed by atoms with Crippen LogP contribution in [0.2, 0.25) is 0 Å². The maximum absolute atomic E-state index is 11.9. The molecule has 0 radical (unpaired) electrons. The Morgan fingerprint density at radius 1 is 1.72 bits per heavy atom. The first kappa shape index (κ1) is 12.5. The molecule has 1 N–H and O–H groups in total. The van der Waals surface area contributed by atoms with Gasteiger partial charge in [-0.2, -0.15) is 10.2 Å². The molecule has 1 aromatic heterocycles. The molecule has 1 aliphatic rings. The number of rotatable bonds is 4. The summed E-state index contributed by atoms with van der Waals surface area (Å²) in [6, 6.07) is 2.05. The van der Waals surface area contributed by atoms with Crippen LogP contribution in [0, 0.1) is 11.3 Å². The van der Waals surface area contributed by atoms with E-state index in [0.717, 1.165) is 19.4 Å². The number of nitriles is 1. The molecule has 0 aliphatic carbocycles. The Bertz CT molecular complexity index is 458. The van der Waals surface area contributed by atoms with Gasteiger partial charge in [0.2, 0.25) is 5.89 Å². The number of carbonyl (C=O) groups is 1. The van der Waals surface area contributed by atoms with Crippen LogP contribution < -0.4 is 5.32 Å². The lowest BCUT2D eigenvalue weighted by molar-refractivity contribution is 0.0782. The Labute approximate surface area is 105 Å². The van der Waals surface area contributed by atoms with Crippen LogP contribution in [0.1, 0.15) is 41.8 Å². The number of hydrogen-bond donors (Lipinski definition) is 1. The van der Waals surface area contributed by atoms with E-state index in [1.165, 1.54) is 4.90 Å². The average Bonchev–Trinajstić information content (AvgIpc) is 3.04. The van der Waals surface area contributed by atoms with E-state index >= 15 is 0 Å². The molecule has 1 unspecified atom stereocenters. The fourth-order valence-electron chi connectivity index (χ4n) is 1.85. The first-order valence-electron chi connectivity index (χ1n) is 5.92. The zero-order chi connectivity index (χ0) is 13.0. The number of aromatic nitrogens is 2. The number of hydrogen-bond acceptors (Lipinski definition) is 6. The van der Waals surface area contributed by atoms with Gasteiger partial charge in [-0.05, 0) is 19.4 Å². The van der Waals surface area contributed by atoms with Crippen LogP contribution in [0.15, 0.2) is 4.52 Å². The fraction of sp³-hybridized carbons (Fsp3) is 0.636. The van der Waals surface area contributed by atoms with Gasteiger partial charge in [0.15, 0.2) is 0 Å². The van der Waals surface area contributed by atoms with Crippen molar-refractivity contribution in [1.82, 2.24) is 20.4 Å². The van der Waals surface area contributed by atoms with E-state index in [1.807, 2.05) is 6.07 Å². The minimum Gasteiger partial charge on any atom is -0.338 e. The van der Waals surface area contributed by atoms with Gasteiger partial charge < -0.3 is 14.7 Å².